The molecule has 19 heavy (non-hydrogen) atoms. The summed E-state index contributed by atoms with van der Waals surface area (Å²) in [6, 6.07) is 10.7. The molecular weight excluding hydrogens is 248 g/mol. The minimum Gasteiger partial charge on any atom is -0.311 e. The third kappa shape index (κ3) is 1.73. The molecule has 0 aliphatic rings. The molecule has 0 aliphatic heterocycles. The summed E-state index contributed by atoms with van der Waals surface area (Å²) in [5, 5.41) is 0.667. The van der Waals surface area contributed by atoms with E-state index in [0.29, 0.717) is 22.8 Å². The van der Waals surface area contributed by atoms with Crippen LogP contribution in [-0.4, -0.2) is 10.9 Å². The van der Waals surface area contributed by atoms with Crippen molar-refractivity contribution in [2.75, 3.05) is 0 Å². The number of carbonyl (C=O) groups excluding carboxylic acids is 1. The Bertz CT molecular complexity index is 757. The molecule has 1 aromatic heterocycles. The number of rotatable bonds is 2. The maximum atomic E-state index is 13.8. The van der Waals surface area contributed by atoms with E-state index in [4.69, 9.17) is 0 Å². The SMILES string of the molecule is O=Cc1cn(-c2c(F)cccc2F)c2ccccc12. The lowest BCUT2D eigenvalue weighted by molar-refractivity contribution is 0.112. The molecule has 2 aromatic carbocycles. The van der Waals surface area contributed by atoms with Crippen LogP contribution in [0.2, 0.25) is 0 Å². The molecule has 0 saturated carbocycles. The first-order chi connectivity index (χ1) is 9.22. The molecule has 3 aromatic rings. The Labute approximate surface area is 107 Å². The van der Waals surface area contributed by atoms with Gasteiger partial charge in [0.25, 0.3) is 0 Å². The Hall–Kier alpha value is -2.49. The van der Waals surface area contributed by atoms with Crippen LogP contribution in [0.25, 0.3) is 16.6 Å². The Morgan fingerprint density at radius 2 is 1.63 bits per heavy atom. The van der Waals surface area contributed by atoms with Crippen molar-refractivity contribution in [3.63, 3.8) is 0 Å². The predicted molar refractivity (Wildman–Crippen MR) is 68.6 cm³/mol. The molecule has 0 N–H and O–H groups in total. The van der Waals surface area contributed by atoms with Gasteiger partial charge in [-0.1, -0.05) is 24.3 Å². The van der Waals surface area contributed by atoms with Gasteiger partial charge in [0.15, 0.2) is 6.29 Å². The molecule has 0 saturated heterocycles. The summed E-state index contributed by atoms with van der Waals surface area (Å²) in [7, 11) is 0. The smallest absolute Gasteiger partial charge is 0.152 e. The molecule has 0 atom stereocenters. The normalized spacial score (nSPS) is 10.8. The Kier molecular flexibility index (Phi) is 2.63. The van der Waals surface area contributed by atoms with E-state index in [1.54, 1.807) is 24.3 Å². The number of aromatic nitrogens is 1. The van der Waals surface area contributed by atoms with Crippen LogP contribution in [0.1, 0.15) is 10.4 Å². The zero-order chi connectivity index (χ0) is 13.4. The molecule has 0 amide bonds. The van der Waals surface area contributed by atoms with E-state index in [9.17, 15) is 13.6 Å². The van der Waals surface area contributed by atoms with Crippen molar-refractivity contribution >= 4 is 17.2 Å². The molecule has 0 fully saturated rings. The Balaban J connectivity index is 2.41. The van der Waals surface area contributed by atoms with E-state index in [-0.39, 0.29) is 5.69 Å². The number of aldehydes is 1. The number of carbonyl (C=O) groups is 1. The van der Waals surface area contributed by atoms with Gasteiger partial charge in [0.1, 0.15) is 17.3 Å². The summed E-state index contributed by atoms with van der Waals surface area (Å²) in [6.45, 7) is 0. The molecule has 2 nitrogen and oxygen atoms in total. The van der Waals surface area contributed by atoms with Crippen LogP contribution in [0.4, 0.5) is 8.78 Å². The van der Waals surface area contributed by atoms with Gasteiger partial charge >= 0.3 is 0 Å². The van der Waals surface area contributed by atoms with Crippen LogP contribution in [0.5, 0.6) is 0 Å². The molecular formula is C15H9F2NO. The third-order valence-electron chi connectivity index (χ3n) is 3.05. The summed E-state index contributed by atoms with van der Waals surface area (Å²) in [6.07, 6.45) is 2.12. The van der Waals surface area contributed by atoms with E-state index in [2.05, 4.69) is 0 Å². The summed E-state index contributed by atoms with van der Waals surface area (Å²) in [5.41, 5.74) is 0.818. The van der Waals surface area contributed by atoms with Gasteiger partial charge in [-0.05, 0) is 18.2 Å². The molecule has 1 heterocycles. The molecule has 0 unspecified atom stereocenters. The molecule has 3 rings (SSSR count). The van der Waals surface area contributed by atoms with Gasteiger partial charge in [0, 0.05) is 17.1 Å². The highest BCUT2D eigenvalue weighted by Gasteiger charge is 2.15. The summed E-state index contributed by atoms with van der Waals surface area (Å²) in [5.74, 6) is -1.34. The zero-order valence-corrected chi connectivity index (χ0v) is 9.81. The van der Waals surface area contributed by atoms with Gasteiger partial charge in [0.2, 0.25) is 0 Å². The highest BCUT2D eigenvalue weighted by atomic mass is 19.1. The average Bonchev–Trinajstić information content (AvgIpc) is 2.78. The number of hydrogen-bond donors (Lipinski definition) is 0. The Morgan fingerprint density at radius 1 is 0.947 bits per heavy atom. The number of para-hydroxylation sites is 2. The first-order valence-corrected chi connectivity index (χ1v) is 5.72. The van der Waals surface area contributed by atoms with Crippen LogP contribution in [0.15, 0.2) is 48.7 Å². The minimum absolute atomic E-state index is 0.174. The van der Waals surface area contributed by atoms with Crippen LogP contribution < -0.4 is 0 Å². The van der Waals surface area contributed by atoms with Gasteiger partial charge in [-0.25, -0.2) is 8.78 Å². The number of fused-ring (bicyclic) bond motifs is 1. The summed E-state index contributed by atoms with van der Waals surface area (Å²) < 4.78 is 29.0. The molecule has 0 radical (unpaired) electrons. The zero-order valence-electron chi connectivity index (χ0n) is 9.81. The molecule has 94 valence electrons. The first-order valence-electron chi connectivity index (χ1n) is 5.72. The van der Waals surface area contributed by atoms with E-state index in [0.717, 1.165) is 0 Å². The maximum absolute atomic E-state index is 13.8. The fraction of sp³-hybridized carbons (Fsp3) is 0. The van der Waals surface area contributed by atoms with Crippen LogP contribution >= 0.6 is 0 Å². The third-order valence-corrected chi connectivity index (χ3v) is 3.05. The second-order valence-electron chi connectivity index (χ2n) is 4.16. The highest BCUT2D eigenvalue weighted by Crippen LogP contribution is 2.26. The lowest BCUT2D eigenvalue weighted by atomic mass is 10.2. The van der Waals surface area contributed by atoms with Crippen molar-refractivity contribution in [3.8, 4) is 5.69 Å². The fourth-order valence-corrected chi connectivity index (χ4v) is 2.20. The monoisotopic (exact) mass is 257 g/mol. The lowest BCUT2D eigenvalue weighted by Gasteiger charge is -2.07. The fourth-order valence-electron chi connectivity index (χ4n) is 2.20. The lowest BCUT2D eigenvalue weighted by Crippen LogP contribution is -1.99. The predicted octanol–water partition coefficient (Wildman–Crippen LogP) is 3.72. The minimum atomic E-state index is -0.668. The van der Waals surface area contributed by atoms with Crippen molar-refractivity contribution in [2.24, 2.45) is 0 Å². The molecule has 0 aliphatic carbocycles. The van der Waals surface area contributed by atoms with E-state index in [1.807, 2.05) is 0 Å². The van der Waals surface area contributed by atoms with E-state index >= 15 is 0 Å². The number of hydrogen-bond acceptors (Lipinski definition) is 1. The van der Waals surface area contributed by atoms with Crippen LogP contribution in [0.3, 0.4) is 0 Å². The Morgan fingerprint density at radius 3 is 2.32 bits per heavy atom. The molecule has 4 heteroatoms. The van der Waals surface area contributed by atoms with Crippen molar-refractivity contribution in [3.05, 3.63) is 65.9 Å². The second-order valence-corrected chi connectivity index (χ2v) is 4.16. The number of benzene rings is 2. The van der Waals surface area contributed by atoms with Crippen molar-refractivity contribution in [2.45, 2.75) is 0 Å². The highest BCUT2D eigenvalue weighted by molar-refractivity contribution is 5.98. The second kappa shape index (κ2) is 4.31. The summed E-state index contributed by atoms with van der Waals surface area (Å²) >= 11 is 0. The van der Waals surface area contributed by atoms with Crippen LogP contribution in [-0.2, 0) is 0 Å². The number of nitrogens with zero attached hydrogens (tertiary/aromatic N) is 1. The first kappa shape index (κ1) is 11.6. The van der Waals surface area contributed by atoms with E-state index < -0.39 is 11.6 Å². The maximum Gasteiger partial charge on any atom is 0.152 e. The standard InChI is InChI=1S/C15H9F2NO/c16-12-5-3-6-13(17)15(12)18-8-10(9-19)11-4-1-2-7-14(11)18/h1-9H. The van der Waals surface area contributed by atoms with Gasteiger partial charge in [-0.2, -0.15) is 0 Å². The summed E-state index contributed by atoms with van der Waals surface area (Å²) in [4.78, 5) is 11.0. The van der Waals surface area contributed by atoms with Gasteiger partial charge in [-0.3, -0.25) is 4.79 Å². The van der Waals surface area contributed by atoms with Crippen molar-refractivity contribution < 1.29 is 13.6 Å². The van der Waals surface area contributed by atoms with Crippen LogP contribution in [0, 0.1) is 11.6 Å². The van der Waals surface area contributed by atoms with E-state index in [1.165, 1.54) is 29.0 Å². The van der Waals surface area contributed by atoms with Crippen molar-refractivity contribution in [1.29, 1.82) is 0 Å². The topological polar surface area (TPSA) is 22.0 Å². The van der Waals surface area contributed by atoms with Gasteiger partial charge < -0.3 is 4.57 Å². The van der Waals surface area contributed by atoms with Gasteiger partial charge in [0.05, 0.1) is 5.52 Å². The van der Waals surface area contributed by atoms with Gasteiger partial charge in [-0.15, -0.1) is 0 Å². The average molecular weight is 257 g/mol. The largest absolute Gasteiger partial charge is 0.311 e. The number of halogens is 2. The molecule has 0 bridgehead atoms. The van der Waals surface area contributed by atoms with Crippen molar-refractivity contribution in [1.82, 2.24) is 4.57 Å². The quantitative estimate of drug-likeness (QED) is 0.641. The molecule has 0 spiro atoms.